The summed E-state index contributed by atoms with van der Waals surface area (Å²) in [7, 11) is 0. The average Bonchev–Trinajstić information content (AvgIpc) is 3.48. The van der Waals surface area contributed by atoms with E-state index in [1.54, 1.807) is 17.0 Å². The van der Waals surface area contributed by atoms with Crippen LogP contribution in [0.5, 0.6) is 11.5 Å². The molecule has 5 rings (SSSR count). The minimum Gasteiger partial charge on any atom is -0.459 e. The summed E-state index contributed by atoms with van der Waals surface area (Å²) in [5.41, 5.74) is 4.80. The first-order valence-corrected chi connectivity index (χ1v) is 10.6. The summed E-state index contributed by atoms with van der Waals surface area (Å²) in [6, 6.07) is 15.1. The highest BCUT2D eigenvalue weighted by molar-refractivity contribution is 6.30. The lowest BCUT2D eigenvalue weighted by atomic mass is 10.0. The van der Waals surface area contributed by atoms with Crippen molar-refractivity contribution in [1.29, 1.82) is 0 Å². The smallest absolute Gasteiger partial charge is 0.290 e. The highest BCUT2D eigenvalue weighted by Gasteiger charge is 2.22. The SMILES string of the molecule is Cc1ccc2cc(CN(Cc3ccc4c(c3)OCO4)C(=O)c3ccco3)c(Cl)nc2c1C. The number of aromatic nitrogens is 1. The molecule has 0 saturated heterocycles. The zero-order chi connectivity index (χ0) is 22.2. The lowest BCUT2D eigenvalue weighted by molar-refractivity contribution is 0.0697. The summed E-state index contributed by atoms with van der Waals surface area (Å²) in [6.45, 7) is 4.91. The van der Waals surface area contributed by atoms with Crippen molar-refractivity contribution in [3.63, 3.8) is 0 Å². The van der Waals surface area contributed by atoms with Gasteiger partial charge in [-0.2, -0.15) is 0 Å². The van der Waals surface area contributed by atoms with E-state index >= 15 is 0 Å². The number of fused-ring (bicyclic) bond motifs is 2. The van der Waals surface area contributed by atoms with Gasteiger partial charge < -0.3 is 18.8 Å². The number of benzene rings is 2. The Balaban J connectivity index is 1.50. The fourth-order valence-electron chi connectivity index (χ4n) is 3.84. The van der Waals surface area contributed by atoms with Gasteiger partial charge in [-0.25, -0.2) is 4.98 Å². The number of carbonyl (C=O) groups excluding carboxylic acids is 1. The van der Waals surface area contributed by atoms with Gasteiger partial charge in [-0.1, -0.05) is 29.8 Å². The van der Waals surface area contributed by atoms with Gasteiger partial charge in [0.1, 0.15) is 5.15 Å². The molecular weight excluding hydrogens is 428 g/mol. The van der Waals surface area contributed by atoms with Crippen LogP contribution in [0.15, 0.2) is 59.2 Å². The fourth-order valence-corrected chi connectivity index (χ4v) is 4.03. The topological polar surface area (TPSA) is 64.8 Å². The number of aryl methyl sites for hydroxylation is 2. The lowest BCUT2D eigenvalue weighted by Crippen LogP contribution is -2.30. The van der Waals surface area contributed by atoms with Crippen molar-refractivity contribution < 1.29 is 18.7 Å². The van der Waals surface area contributed by atoms with Gasteiger partial charge in [-0.05, 0) is 60.9 Å². The number of amides is 1. The second kappa shape index (κ2) is 8.20. The molecule has 7 heteroatoms. The van der Waals surface area contributed by atoms with Crippen molar-refractivity contribution in [1.82, 2.24) is 9.88 Å². The maximum absolute atomic E-state index is 13.2. The number of furan rings is 1. The van der Waals surface area contributed by atoms with E-state index in [9.17, 15) is 4.79 Å². The fraction of sp³-hybridized carbons (Fsp3) is 0.200. The molecule has 162 valence electrons. The molecule has 0 fully saturated rings. The Morgan fingerprint density at radius 1 is 1.06 bits per heavy atom. The number of rotatable bonds is 5. The van der Waals surface area contributed by atoms with Crippen LogP contribution < -0.4 is 9.47 Å². The van der Waals surface area contributed by atoms with E-state index in [4.69, 9.17) is 25.5 Å². The Morgan fingerprint density at radius 3 is 2.72 bits per heavy atom. The second-order valence-electron chi connectivity index (χ2n) is 7.84. The second-order valence-corrected chi connectivity index (χ2v) is 8.20. The molecule has 0 bridgehead atoms. The van der Waals surface area contributed by atoms with E-state index in [-0.39, 0.29) is 25.0 Å². The van der Waals surface area contributed by atoms with Crippen LogP contribution in [0.2, 0.25) is 5.15 Å². The van der Waals surface area contributed by atoms with E-state index in [0.29, 0.717) is 23.2 Å². The molecule has 6 nitrogen and oxygen atoms in total. The number of carbonyl (C=O) groups is 1. The predicted molar refractivity (Wildman–Crippen MR) is 121 cm³/mol. The first-order chi connectivity index (χ1) is 15.5. The van der Waals surface area contributed by atoms with Crippen LogP contribution in [0.4, 0.5) is 0 Å². The molecule has 2 aromatic heterocycles. The van der Waals surface area contributed by atoms with E-state index in [1.807, 2.05) is 44.2 Å². The third kappa shape index (κ3) is 3.78. The summed E-state index contributed by atoms with van der Waals surface area (Å²) in [5, 5.41) is 1.37. The zero-order valence-electron chi connectivity index (χ0n) is 17.7. The summed E-state index contributed by atoms with van der Waals surface area (Å²) in [5.74, 6) is 1.40. The molecule has 1 amide bonds. The van der Waals surface area contributed by atoms with Crippen molar-refractivity contribution in [3.8, 4) is 11.5 Å². The molecule has 2 aromatic carbocycles. The van der Waals surface area contributed by atoms with Crippen LogP contribution in [0.25, 0.3) is 10.9 Å². The number of hydrogen-bond acceptors (Lipinski definition) is 5. The van der Waals surface area contributed by atoms with Gasteiger partial charge in [-0.3, -0.25) is 4.79 Å². The Hall–Kier alpha value is -3.51. The molecule has 32 heavy (non-hydrogen) atoms. The highest BCUT2D eigenvalue weighted by atomic mass is 35.5. The molecule has 3 heterocycles. The molecule has 0 spiro atoms. The van der Waals surface area contributed by atoms with Gasteiger partial charge in [0, 0.05) is 24.0 Å². The first kappa shape index (κ1) is 20.4. The maximum Gasteiger partial charge on any atom is 0.290 e. The number of ether oxygens (including phenoxy) is 2. The Bertz CT molecular complexity index is 1320. The van der Waals surface area contributed by atoms with Crippen LogP contribution in [0.3, 0.4) is 0 Å². The van der Waals surface area contributed by atoms with Crippen LogP contribution >= 0.6 is 11.6 Å². The van der Waals surface area contributed by atoms with Crippen molar-refractivity contribution in [2.24, 2.45) is 0 Å². The third-order valence-electron chi connectivity index (χ3n) is 5.73. The standard InChI is InChI=1S/C25H21ClN2O4/c1-15-5-7-18-11-19(24(26)27-23(18)16(15)2)13-28(25(29)21-4-3-9-30-21)12-17-6-8-20-22(10-17)32-14-31-20/h3-11H,12-14H2,1-2H3. The van der Waals surface area contributed by atoms with Crippen molar-refractivity contribution >= 4 is 28.4 Å². The third-order valence-corrected chi connectivity index (χ3v) is 6.06. The summed E-state index contributed by atoms with van der Waals surface area (Å²) >= 11 is 6.57. The van der Waals surface area contributed by atoms with Gasteiger partial charge in [-0.15, -0.1) is 0 Å². The van der Waals surface area contributed by atoms with Gasteiger partial charge in [0.15, 0.2) is 17.3 Å². The Labute approximate surface area is 190 Å². The van der Waals surface area contributed by atoms with E-state index in [1.165, 1.54) is 6.26 Å². The molecule has 0 saturated carbocycles. The van der Waals surface area contributed by atoms with E-state index in [0.717, 1.165) is 33.2 Å². The highest BCUT2D eigenvalue weighted by Crippen LogP contribution is 2.33. The van der Waals surface area contributed by atoms with Crippen LogP contribution in [-0.4, -0.2) is 22.6 Å². The quantitative estimate of drug-likeness (QED) is 0.368. The van der Waals surface area contributed by atoms with Crippen molar-refractivity contribution in [2.75, 3.05) is 6.79 Å². The predicted octanol–water partition coefficient (Wildman–Crippen LogP) is 5.67. The zero-order valence-corrected chi connectivity index (χ0v) is 18.5. The lowest BCUT2D eigenvalue weighted by Gasteiger charge is -2.23. The minimum absolute atomic E-state index is 0.199. The van der Waals surface area contributed by atoms with Gasteiger partial charge in [0.2, 0.25) is 6.79 Å². The number of halogens is 1. The largest absolute Gasteiger partial charge is 0.459 e. The molecule has 0 radical (unpaired) electrons. The number of nitrogens with zero attached hydrogens (tertiary/aromatic N) is 2. The molecule has 0 unspecified atom stereocenters. The monoisotopic (exact) mass is 448 g/mol. The first-order valence-electron chi connectivity index (χ1n) is 10.3. The Morgan fingerprint density at radius 2 is 1.91 bits per heavy atom. The van der Waals surface area contributed by atoms with Crippen molar-refractivity contribution in [3.05, 3.63) is 88.0 Å². The molecule has 0 aliphatic carbocycles. The van der Waals surface area contributed by atoms with Gasteiger partial charge in [0.05, 0.1) is 11.8 Å². The Kier molecular flexibility index (Phi) is 5.23. The van der Waals surface area contributed by atoms with E-state index in [2.05, 4.69) is 11.1 Å². The van der Waals surface area contributed by atoms with Gasteiger partial charge >= 0.3 is 0 Å². The molecule has 0 atom stereocenters. The van der Waals surface area contributed by atoms with Crippen LogP contribution in [-0.2, 0) is 13.1 Å². The average molecular weight is 449 g/mol. The van der Waals surface area contributed by atoms with Crippen LogP contribution in [0.1, 0.15) is 32.8 Å². The van der Waals surface area contributed by atoms with Crippen molar-refractivity contribution in [2.45, 2.75) is 26.9 Å². The van der Waals surface area contributed by atoms with Gasteiger partial charge in [0.25, 0.3) is 5.91 Å². The van der Waals surface area contributed by atoms with Crippen LogP contribution in [0, 0.1) is 13.8 Å². The molecule has 0 N–H and O–H groups in total. The molecule has 1 aliphatic rings. The molecular formula is C25H21ClN2O4. The minimum atomic E-state index is -0.232. The number of pyridine rings is 1. The summed E-state index contributed by atoms with van der Waals surface area (Å²) < 4.78 is 16.2. The maximum atomic E-state index is 13.2. The normalized spacial score (nSPS) is 12.3. The summed E-state index contributed by atoms with van der Waals surface area (Å²) in [4.78, 5) is 19.6. The molecule has 4 aromatic rings. The number of hydrogen-bond donors (Lipinski definition) is 0. The summed E-state index contributed by atoms with van der Waals surface area (Å²) in [6.07, 6.45) is 1.49. The molecule has 1 aliphatic heterocycles. The van der Waals surface area contributed by atoms with E-state index < -0.39 is 0 Å².